The predicted molar refractivity (Wildman–Crippen MR) is 75.6 cm³/mol. The Balaban J connectivity index is 2.19. The quantitative estimate of drug-likeness (QED) is 0.923. The van der Waals surface area contributed by atoms with E-state index in [-0.39, 0.29) is 17.6 Å². The van der Waals surface area contributed by atoms with E-state index in [4.69, 9.17) is 10.5 Å². The largest absolute Gasteiger partial charge is 0.494 e. The van der Waals surface area contributed by atoms with E-state index < -0.39 is 0 Å². The van der Waals surface area contributed by atoms with Gasteiger partial charge in [0.2, 0.25) is 0 Å². The molecule has 2 N–H and O–H groups in total. The van der Waals surface area contributed by atoms with E-state index in [1.807, 2.05) is 12.1 Å². The van der Waals surface area contributed by atoms with Crippen LogP contribution in [0.15, 0.2) is 34.1 Å². The molecule has 1 aromatic heterocycles. The summed E-state index contributed by atoms with van der Waals surface area (Å²) in [6, 6.07) is 8.81. The van der Waals surface area contributed by atoms with Crippen LogP contribution in [0.4, 0.5) is 4.39 Å². The van der Waals surface area contributed by atoms with Crippen LogP contribution in [0, 0.1) is 5.82 Å². The normalized spacial score (nSPS) is 12.4. The molecule has 96 valence electrons. The first kappa shape index (κ1) is 13.5. The standard InChI is InChI=1S/C13H13BrFNOS/c1-17-10-4-2-3-8(13(10)15)7-9(16)11-5-6-12(14)18-11/h2-6,9H,7,16H2,1H3. The zero-order valence-corrected chi connectivity index (χ0v) is 12.2. The molecule has 0 aliphatic heterocycles. The van der Waals surface area contributed by atoms with Crippen LogP contribution < -0.4 is 10.5 Å². The van der Waals surface area contributed by atoms with Crippen molar-refractivity contribution < 1.29 is 9.13 Å². The molecule has 1 unspecified atom stereocenters. The smallest absolute Gasteiger partial charge is 0.168 e. The lowest BCUT2D eigenvalue weighted by molar-refractivity contribution is 0.383. The fraction of sp³-hybridized carbons (Fsp3) is 0.231. The SMILES string of the molecule is COc1cccc(CC(N)c2ccc(Br)s2)c1F. The van der Waals surface area contributed by atoms with Gasteiger partial charge in [-0.1, -0.05) is 12.1 Å². The lowest BCUT2D eigenvalue weighted by atomic mass is 10.0. The molecule has 0 saturated carbocycles. The van der Waals surface area contributed by atoms with Crippen molar-refractivity contribution in [2.75, 3.05) is 7.11 Å². The van der Waals surface area contributed by atoms with Gasteiger partial charge in [-0.05, 0) is 46.1 Å². The maximum Gasteiger partial charge on any atom is 0.168 e. The highest BCUT2D eigenvalue weighted by Crippen LogP contribution is 2.29. The lowest BCUT2D eigenvalue weighted by Crippen LogP contribution is -2.13. The molecule has 0 bridgehead atoms. The summed E-state index contributed by atoms with van der Waals surface area (Å²) in [5, 5.41) is 0. The number of ether oxygens (including phenoxy) is 1. The Labute approximate surface area is 118 Å². The third-order valence-electron chi connectivity index (χ3n) is 2.66. The minimum absolute atomic E-state index is 0.206. The van der Waals surface area contributed by atoms with E-state index in [1.165, 1.54) is 7.11 Å². The van der Waals surface area contributed by atoms with Gasteiger partial charge in [0.15, 0.2) is 11.6 Å². The van der Waals surface area contributed by atoms with Crippen LogP contribution in [0.25, 0.3) is 0 Å². The van der Waals surface area contributed by atoms with Crippen LogP contribution in [0.2, 0.25) is 0 Å². The van der Waals surface area contributed by atoms with E-state index in [0.717, 1.165) is 8.66 Å². The van der Waals surface area contributed by atoms with Crippen molar-refractivity contribution in [2.45, 2.75) is 12.5 Å². The Kier molecular flexibility index (Phi) is 4.37. The monoisotopic (exact) mass is 329 g/mol. The van der Waals surface area contributed by atoms with Crippen molar-refractivity contribution >= 4 is 27.3 Å². The molecule has 0 amide bonds. The third kappa shape index (κ3) is 2.91. The summed E-state index contributed by atoms with van der Waals surface area (Å²) in [6.07, 6.45) is 0.454. The lowest BCUT2D eigenvalue weighted by Gasteiger charge is -2.12. The van der Waals surface area contributed by atoms with Gasteiger partial charge >= 0.3 is 0 Å². The number of halogens is 2. The summed E-state index contributed by atoms with van der Waals surface area (Å²) in [4.78, 5) is 1.03. The van der Waals surface area contributed by atoms with Gasteiger partial charge < -0.3 is 10.5 Å². The number of thiophene rings is 1. The van der Waals surface area contributed by atoms with Gasteiger partial charge in [0.25, 0.3) is 0 Å². The Hall–Kier alpha value is -0.910. The fourth-order valence-corrected chi connectivity index (χ4v) is 3.16. The summed E-state index contributed by atoms with van der Waals surface area (Å²) in [5.74, 6) is -0.0712. The molecule has 2 nitrogen and oxygen atoms in total. The first-order valence-corrected chi connectivity index (χ1v) is 7.05. The van der Waals surface area contributed by atoms with Gasteiger partial charge in [-0.3, -0.25) is 0 Å². The molecule has 0 fully saturated rings. The van der Waals surface area contributed by atoms with Crippen molar-refractivity contribution in [1.29, 1.82) is 0 Å². The van der Waals surface area contributed by atoms with Crippen LogP contribution in [0.3, 0.4) is 0 Å². The molecule has 0 aliphatic carbocycles. The van der Waals surface area contributed by atoms with E-state index in [2.05, 4.69) is 15.9 Å². The fourth-order valence-electron chi connectivity index (χ4n) is 1.74. The Morgan fingerprint density at radius 3 is 2.78 bits per heavy atom. The maximum atomic E-state index is 14.0. The van der Waals surface area contributed by atoms with Crippen molar-refractivity contribution in [3.8, 4) is 5.75 Å². The average Bonchev–Trinajstić information content (AvgIpc) is 2.78. The average molecular weight is 330 g/mol. The van der Waals surface area contributed by atoms with Gasteiger partial charge in [0.1, 0.15) is 0 Å². The molecule has 2 rings (SSSR count). The molecule has 0 aliphatic rings. The summed E-state index contributed by atoms with van der Waals surface area (Å²) >= 11 is 4.96. The number of benzene rings is 1. The van der Waals surface area contributed by atoms with Crippen LogP contribution >= 0.6 is 27.3 Å². The Morgan fingerprint density at radius 1 is 1.39 bits per heavy atom. The topological polar surface area (TPSA) is 35.2 Å². The molecule has 0 saturated heterocycles. The molecular formula is C13H13BrFNOS. The van der Waals surface area contributed by atoms with Crippen LogP contribution in [0.1, 0.15) is 16.5 Å². The van der Waals surface area contributed by atoms with Crippen molar-refractivity contribution in [1.82, 2.24) is 0 Å². The molecule has 2 aromatic rings. The van der Waals surface area contributed by atoms with Crippen molar-refractivity contribution in [3.63, 3.8) is 0 Å². The maximum absolute atomic E-state index is 14.0. The molecule has 1 aromatic carbocycles. The van der Waals surface area contributed by atoms with Crippen LogP contribution in [0.5, 0.6) is 5.75 Å². The number of methoxy groups -OCH3 is 1. The minimum atomic E-state index is -0.328. The summed E-state index contributed by atoms with van der Waals surface area (Å²) in [6.45, 7) is 0. The minimum Gasteiger partial charge on any atom is -0.494 e. The first-order valence-electron chi connectivity index (χ1n) is 5.44. The van der Waals surface area contributed by atoms with Gasteiger partial charge in [-0.2, -0.15) is 0 Å². The highest BCUT2D eigenvalue weighted by molar-refractivity contribution is 9.11. The van der Waals surface area contributed by atoms with Crippen molar-refractivity contribution in [2.24, 2.45) is 5.73 Å². The Bertz CT molecular complexity index is 544. The molecule has 0 radical (unpaired) electrons. The first-order chi connectivity index (χ1) is 8.61. The summed E-state index contributed by atoms with van der Waals surface area (Å²) in [5.41, 5.74) is 6.66. The van der Waals surface area contributed by atoms with E-state index in [0.29, 0.717) is 12.0 Å². The molecule has 0 spiro atoms. The van der Waals surface area contributed by atoms with E-state index >= 15 is 0 Å². The molecule has 18 heavy (non-hydrogen) atoms. The number of nitrogens with two attached hydrogens (primary N) is 1. The predicted octanol–water partition coefficient (Wildman–Crippen LogP) is 3.90. The van der Waals surface area contributed by atoms with Gasteiger partial charge in [-0.15, -0.1) is 11.3 Å². The summed E-state index contributed by atoms with van der Waals surface area (Å²) in [7, 11) is 1.46. The van der Waals surface area contributed by atoms with Crippen LogP contribution in [-0.4, -0.2) is 7.11 Å². The Morgan fingerprint density at radius 2 is 2.17 bits per heavy atom. The highest BCUT2D eigenvalue weighted by Gasteiger charge is 2.14. The van der Waals surface area contributed by atoms with Gasteiger partial charge in [0.05, 0.1) is 10.9 Å². The molecule has 1 atom stereocenters. The second-order valence-electron chi connectivity index (χ2n) is 3.89. The second-order valence-corrected chi connectivity index (χ2v) is 6.38. The van der Waals surface area contributed by atoms with Crippen LogP contribution in [-0.2, 0) is 6.42 Å². The zero-order valence-electron chi connectivity index (χ0n) is 9.82. The number of hydrogen-bond acceptors (Lipinski definition) is 3. The molecule has 1 heterocycles. The van der Waals surface area contributed by atoms with E-state index in [1.54, 1.807) is 29.5 Å². The van der Waals surface area contributed by atoms with Crippen molar-refractivity contribution in [3.05, 3.63) is 50.4 Å². The highest BCUT2D eigenvalue weighted by atomic mass is 79.9. The number of hydrogen-bond donors (Lipinski definition) is 1. The molecular weight excluding hydrogens is 317 g/mol. The van der Waals surface area contributed by atoms with Gasteiger partial charge in [0, 0.05) is 10.9 Å². The summed E-state index contributed by atoms with van der Waals surface area (Å²) < 4.78 is 20.0. The number of rotatable bonds is 4. The van der Waals surface area contributed by atoms with E-state index in [9.17, 15) is 4.39 Å². The second kappa shape index (κ2) is 5.82. The molecule has 5 heteroatoms. The third-order valence-corrected chi connectivity index (χ3v) is 4.42. The zero-order chi connectivity index (χ0) is 13.1. The van der Waals surface area contributed by atoms with Gasteiger partial charge in [-0.25, -0.2) is 4.39 Å².